The van der Waals surface area contributed by atoms with Crippen LogP contribution in [-0.4, -0.2) is 45.0 Å². The Hall–Kier alpha value is -2.83. The van der Waals surface area contributed by atoms with E-state index in [1.54, 1.807) is 23.7 Å². The van der Waals surface area contributed by atoms with Crippen LogP contribution in [0, 0.1) is 0 Å². The molecule has 1 aromatic heterocycles. The lowest BCUT2D eigenvalue weighted by atomic mass is 10.1. The summed E-state index contributed by atoms with van der Waals surface area (Å²) in [4.78, 5) is 26.8. The molecule has 0 aliphatic rings. The lowest BCUT2D eigenvalue weighted by molar-refractivity contribution is -0.134. The topological polar surface area (TPSA) is 67.2 Å². The van der Waals surface area contributed by atoms with Gasteiger partial charge in [-0.25, -0.2) is 4.68 Å². The maximum Gasteiger partial charge on any atom is 0.245 e. The summed E-state index contributed by atoms with van der Waals surface area (Å²) in [5.74, 6) is -0.0778. The van der Waals surface area contributed by atoms with Gasteiger partial charge in [0.1, 0.15) is 11.2 Å². The van der Waals surface area contributed by atoms with E-state index in [-0.39, 0.29) is 18.4 Å². The second-order valence-electron chi connectivity index (χ2n) is 7.45. The van der Waals surface area contributed by atoms with Gasteiger partial charge in [0, 0.05) is 23.2 Å². The van der Waals surface area contributed by atoms with Crippen LogP contribution in [0.15, 0.2) is 60.7 Å². The number of carbonyl (C=O) groups is 2. The molecule has 32 heavy (non-hydrogen) atoms. The summed E-state index contributed by atoms with van der Waals surface area (Å²) in [5, 5.41) is 7.50. The van der Waals surface area contributed by atoms with Gasteiger partial charge in [-0.3, -0.25) is 9.59 Å². The predicted octanol–water partition coefficient (Wildman–Crippen LogP) is 5.39. The first-order chi connectivity index (χ1) is 15.4. The average Bonchev–Trinajstić information content (AvgIpc) is 3.20. The highest BCUT2D eigenvalue weighted by Crippen LogP contribution is 2.25. The number of hydrogen-bond acceptors (Lipinski definition) is 3. The molecule has 2 amide bonds. The molecular weight excluding hydrogens is 447 g/mol. The van der Waals surface area contributed by atoms with Gasteiger partial charge in [0.2, 0.25) is 11.8 Å². The van der Waals surface area contributed by atoms with Crippen molar-refractivity contribution in [2.24, 2.45) is 0 Å². The zero-order valence-electron chi connectivity index (χ0n) is 18.1. The Bertz CT molecular complexity index is 1050. The number of halogens is 2. The van der Waals surface area contributed by atoms with E-state index in [0.717, 1.165) is 24.1 Å². The van der Waals surface area contributed by atoms with Crippen molar-refractivity contribution in [3.8, 4) is 16.9 Å². The summed E-state index contributed by atoms with van der Waals surface area (Å²) in [6, 6.07) is 18.7. The maximum atomic E-state index is 12.9. The number of hydrogen-bond donors (Lipinski definition) is 1. The van der Waals surface area contributed by atoms with Crippen molar-refractivity contribution in [2.75, 3.05) is 18.4 Å². The predicted molar refractivity (Wildman–Crippen MR) is 129 cm³/mol. The molecule has 168 valence electrons. The molecule has 6 nitrogen and oxygen atoms in total. The first-order valence-electron chi connectivity index (χ1n) is 10.5. The van der Waals surface area contributed by atoms with Crippen molar-refractivity contribution in [1.82, 2.24) is 14.7 Å². The summed E-state index contributed by atoms with van der Waals surface area (Å²) < 4.78 is 1.65. The van der Waals surface area contributed by atoms with Crippen LogP contribution in [-0.2, 0) is 9.59 Å². The van der Waals surface area contributed by atoms with Crippen molar-refractivity contribution < 1.29 is 9.59 Å². The second-order valence-corrected chi connectivity index (χ2v) is 8.54. The van der Waals surface area contributed by atoms with Gasteiger partial charge in [-0.2, -0.15) is 5.10 Å². The molecule has 1 heterocycles. The molecule has 0 aliphatic carbocycles. The molecule has 1 unspecified atom stereocenters. The number of nitrogens with one attached hydrogen (secondary N) is 1. The molecule has 1 atom stereocenters. The molecule has 8 heteroatoms. The number of nitrogens with zero attached hydrogens (tertiary/aromatic N) is 3. The minimum absolute atomic E-state index is 0.0810. The van der Waals surface area contributed by atoms with E-state index in [2.05, 4.69) is 10.4 Å². The van der Waals surface area contributed by atoms with E-state index in [0.29, 0.717) is 23.1 Å². The highest BCUT2D eigenvalue weighted by atomic mass is 35.5. The molecule has 1 N–H and O–H groups in total. The molecule has 0 radical (unpaired) electrons. The molecular formula is C24H26Cl2N4O2. The maximum absolute atomic E-state index is 12.9. The molecule has 0 saturated heterocycles. The number of benzene rings is 2. The molecule has 0 aliphatic heterocycles. The third-order valence-electron chi connectivity index (χ3n) is 4.89. The Morgan fingerprint density at radius 3 is 2.44 bits per heavy atom. The number of amides is 2. The van der Waals surface area contributed by atoms with Crippen LogP contribution in [0.5, 0.6) is 0 Å². The SMILES string of the molecule is CCCCN(CC(=O)Nc1cc(-c2ccccc2)nn1-c1ccc(Cl)cc1)C(=O)C(C)Cl. The van der Waals surface area contributed by atoms with E-state index in [1.165, 1.54) is 4.90 Å². The zero-order valence-corrected chi connectivity index (χ0v) is 19.6. The molecule has 0 fully saturated rings. The van der Waals surface area contributed by atoms with Gasteiger partial charge in [0.25, 0.3) is 0 Å². The Labute approximate surface area is 198 Å². The van der Waals surface area contributed by atoms with Crippen molar-refractivity contribution in [2.45, 2.75) is 32.1 Å². The molecule has 0 saturated carbocycles. The molecule has 0 bridgehead atoms. The van der Waals surface area contributed by atoms with E-state index in [4.69, 9.17) is 23.2 Å². The first kappa shape index (κ1) is 23.8. The minimum atomic E-state index is -0.691. The summed E-state index contributed by atoms with van der Waals surface area (Å²) in [6.45, 7) is 4.04. The summed E-state index contributed by atoms with van der Waals surface area (Å²) in [6.07, 6.45) is 1.70. The molecule has 2 aromatic carbocycles. The molecule has 3 aromatic rings. The Balaban J connectivity index is 1.88. The number of aromatic nitrogens is 2. The van der Waals surface area contributed by atoms with E-state index >= 15 is 0 Å². The van der Waals surface area contributed by atoms with Crippen molar-refractivity contribution in [3.05, 3.63) is 65.7 Å². The van der Waals surface area contributed by atoms with E-state index < -0.39 is 5.38 Å². The average molecular weight is 473 g/mol. The fourth-order valence-electron chi connectivity index (χ4n) is 3.22. The third-order valence-corrected chi connectivity index (χ3v) is 5.32. The van der Waals surface area contributed by atoms with Crippen LogP contribution in [0.1, 0.15) is 26.7 Å². The lowest BCUT2D eigenvalue weighted by Gasteiger charge is -2.23. The largest absolute Gasteiger partial charge is 0.332 e. The van der Waals surface area contributed by atoms with Crippen LogP contribution in [0.25, 0.3) is 16.9 Å². The standard InChI is InChI=1S/C24H26Cl2N4O2/c1-3-4-14-29(24(32)17(2)25)16-23(31)27-22-15-21(18-8-6-5-7-9-18)28-30(22)20-12-10-19(26)11-13-20/h5-13,15,17H,3-4,14,16H2,1-2H3,(H,27,31). The number of carbonyl (C=O) groups excluding carboxylic acids is 2. The van der Waals surface area contributed by atoms with Gasteiger partial charge < -0.3 is 10.2 Å². The number of rotatable bonds is 9. The van der Waals surface area contributed by atoms with Gasteiger partial charge >= 0.3 is 0 Å². The van der Waals surface area contributed by atoms with Gasteiger partial charge in [-0.05, 0) is 37.6 Å². The van der Waals surface area contributed by atoms with E-state index in [1.807, 2.05) is 55.5 Å². The Kier molecular flexibility index (Phi) is 8.31. The van der Waals surface area contributed by atoms with Crippen molar-refractivity contribution >= 4 is 40.8 Å². The van der Waals surface area contributed by atoms with Crippen LogP contribution < -0.4 is 5.32 Å². The fourth-order valence-corrected chi connectivity index (χ4v) is 3.49. The van der Waals surface area contributed by atoms with Crippen LogP contribution in [0.3, 0.4) is 0 Å². The third kappa shape index (κ3) is 6.11. The number of anilines is 1. The minimum Gasteiger partial charge on any atom is -0.332 e. The van der Waals surface area contributed by atoms with Crippen molar-refractivity contribution in [3.63, 3.8) is 0 Å². The zero-order chi connectivity index (χ0) is 23.1. The van der Waals surface area contributed by atoms with Crippen LogP contribution in [0.4, 0.5) is 5.82 Å². The van der Waals surface area contributed by atoms with Crippen molar-refractivity contribution in [1.29, 1.82) is 0 Å². The quantitative estimate of drug-likeness (QED) is 0.424. The van der Waals surface area contributed by atoms with E-state index in [9.17, 15) is 9.59 Å². The van der Waals surface area contributed by atoms with Gasteiger partial charge in [-0.1, -0.05) is 55.3 Å². The Morgan fingerprint density at radius 2 is 1.81 bits per heavy atom. The van der Waals surface area contributed by atoms with Gasteiger partial charge in [-0.15, -0.1) is 11.6 Å². The highest BCUT2D eigenvalue weighted by molar-refractivity contribution is 6.30. The molecule has 3 rings (SSSR count). The second kappa shape index (κ2) is 11.2. The van der Waals surface area contributed by atoms with Crippen LogP contribution in [0.2, 0.25) is 5.02 Å². The highest BCUT2D eigenvalue weighted by Gasteiger charge is 2.22. The monoisotopic (exact) mass is 472 g/mol. The molecule has 0 spiro atoms. The van der Waals surface area contributed by atoms with Gasteiger partial charge in [0.15, 0.2) is 0 Å². The normalized spacial score (nSPS) is 11.8. The first-order valence-corrected chi connectivity index (χ1v) is 11.3. The van der Waals surface area contributed by atoms with Crippen LogP contribution >= 0.6 is 23.2 Å². The summed E-state index contributed by atoms with van der Waals surface area (Å²) >= 11 is 12.0. The fraction of sp³-hybridized carbons (Fsp3) is 0.292. The summed E-state index contributed by atoms with van der Waals surface area (Å²) in [5.41, 5.74) is 2.38. The smallest absolute Gasteiger partial charge is 0.245 e. The lowest BCUT2D eigenvalue weighted by Crippen LogP contribution is -2.41. The number of alkyl halides is 1. The Morgan fingerprint density at radius 1 is 1.12 bits per heavy atom. The number of unbranched alkanes of at least 4 members (excludes halogenated alkanes) is 1. The summed E-state index contributed by atoms with van der Waals surface area (Å²) in [7, 11) is 0. The van der Waals surface area contributed by atoms with Gasteiger partial charge in [0.05, 0.1) is 17.9 Å².